The number of alkyl halides is 5. The van der Waals surface area contributed by atoms with Gasteiger partial charge in [0.15, 0.2) is 6.30 Å². The second-order valence-corrected chi connectivity index (χ2v) is 4.75. The zero-order chi connectivity index (χ0) is 14.1. The van der Waals surface area contributed by atoms with Crippen LogP contribution in [0.1, 0.15) is 12.8 Å². The number of hydrogen-bond donors (Lipinski definition) is 0. The van der Waals surface area contributed by atoms with E-state index in [1.165, 1.54) is 0 Å². The molecule has 2 aliphatic rings. The van der Waals surface area contributed by atoms with Crippen LogP contribution < -0.4 is 0 Å². The molecule has 0 radical (unpaired) electrons. The van der Waals surface area contributed by atoms with Gasteiger partial charge in [0.2, 0.25) is 0 Å². The molecule has 2 aliphatic heterocycles. The molecule has 2 rings (SSSR count). The Bertz CT molecular complexity index is 302. The first-order valence-electron chi connectivity index (χ1n) is 6.20. The molecule has 3 unspecified atom stereocenters. The maximum atomic E-state index is 14.5. The van der Waals surface area contributed by atoms with E-state index < -0.39 is 24.2 Å². The summed E-state index contributed by atoms with van der Waals surface area (Å²) in [5.74, 6) is 0. The van der Waals surface area contributed by atoms with Crippen LogP contribution in [0.3, 0.4) is 0 Å². The van der Waals surface area contributed by atoms with Crippen molar-refractivity contribution in [1.29, 1.82) is 0 Å². The monoisotopic (exact) mass is 289 g/mol. The predicted molar refractivity (Wildman–Crippen MR) is 56.2 cm³/mol. The molecular formula is C11H16F5NO2. The van der Waals surface area contributed by atoms with E-state index in [1.807, 2.05) is 0 Å². The highest BCUT2D eigenvalue weighted by molar-refractivity contribution is 5.02. The zero-order valence-corrected chi connectivity index (χ0v) is 10.3. The van der Waals surface area contributed by atoms with Crippen LogP contribution in [0.15, 0.2) is 0 Å². The van der Waals surface area contributed by atoms with Gasteiger partial charge < -0.3 is 9.47 Å². The maximum absolute atomic E-state index is 14.5. The highest BCUT2D eigenvalue weighted by Crippen LogP contribution is 2.45. The van der Waals surface area contributed by atoms with Crippen LogP contribution in [-0.2, 0) is 9.47 Å². The third kappa shape index (κ3) is 2.71. The molecule has 3 nitrogen and oxygen atoms in total. The van der Waals surface area contributed by atoms with E-state index in [2.05, 4.69) is 0 Å². The Balaban J connectivity index is 2.20. The first-order chi connectivity index (χ1) is 8.87. The summed E-state index contributed by atoms with van der Waals surface area (Å²) in [7, 11) is 0. The molecule has 2 fully saturated rings. The van der Waals surface area contributed by atoms with Gasteiger partial charge in [-0.3, -0.25) is 4.90 Å². The summed E-state index contributed by atoms with van der Waals surface area (Å²) >= 11 is 0. The summed E-state index contributed by atoms with van der Waals surface area (Å²) in [6.07, 6.45) is -9.66. The van der Waals surface area contributed by atoms with Crippen molar-refractivity contribution >= 4 is 0 Å². The van der Waals surface area contributed by atoms with Gasteiger partial charge in [-0.1, -0.05) is 0 Å². The fourth-order valence-corrected chi connectivity index (χ4v) is 2.45. The van der Waals surface area contributed by atoms with Gasteiger partial charge in [0.25, 0.3) is 5.67 Å². The number of rotatable bonds is 3. The smallest absolute Gasteiger partial charge is 0.379 e. The predicted octanol–water partition coefficient (Wildman–Crippen LogP) is 2.06. The lowest BCUT2D eigenvalue weighted by Gasteiger charge is -2.41. The molecule has 19 heavy (non-hydrogen) atoms. The molecule has 0 amide bonds. The quantitative estimate of drug-likeness (QED) is 0.586. The minimum Gasteiger partial charge on any atom is -0.379 e. The van der Waals surface area contributed by atoms with Gasteiger partial charge in [-0.25, -0.2) is 8.78 Å². The number of morpholine rings is 1. The van der Waals surface area contributed by atoms with Crippen molar-refractivity contribution in [3.05, 3.63) is 0 Å². The van der Waals surface area contributed by atoms with Gasteiger partial charge in [-0.05, 0) is 12.8 Å². The molecular weight excluding hydrogens is 273 g/mol. The van der Waals surface area contributed by atoms with Crippen LogP contribution in [0.25, 0.3) is 0 Å². The van der Waals surface area contributed by atoms with Gasteiger partial charge in [-0.2, -0.15) is 13.2 Å². The summed E-state index contributed by atoms with van der Waals surface area (Å²) in [6, 6.07) is 0. The summed E-state index contributed by atoms with van der Waals surface area (Å²) in [5.41, 5.74) is -3.99. The van der Waals surface area contributed by atoms with Crippen molar-refractivity contribution in [2.75, 3.05) is 32.9 Å². The Morgan fingerprint density at radius 2 is 1.68 bits per heavy atom. The summed E-state index contributed by atoms with van der Waals surface area (Å²) in [4.78, 5) is 0.832. The standard InChI is InChI=1S/C11H16F5NO2/c12-9(17-3-6-18-7-4-17)10(13,11(14,15)16)8-2-1-5-19-8/h8-9H,1-7H2. The number of ether oxygens (including phenoxy) is 2. The average molecular weight is 289 g/mol. The summed E-state index contributed by atoms with van der Waals surface area (Å²) < 4.78 is 77.4. The Kier molecular flexibility index (Phi) is 4.32. The first-order valence-corrected chi connectivity index (χ1v) is 6.20. The van der Waals surface area contributed by atoms with Crippen LogP contribution in [-0.4, -0.2) is 62.1 Å². The molecule has 2 heterocycles. The lowest BCUT2D eigenvalue weighted by atomic mass is 9.93. The van der Waals surface area contributed by atoms with Crippen LogP contribution in [0, 0.1) is 0 Å². The molecule has 0 aromatic rings. The molecule has 0 aromatic carbocycles. The fourth-order valence-electron chi connectivity index (χ4n) is 2.45. The first kappa shape index (κ1) is 14.9. The van der Waals surface area contributed by atoms with Gasteiger partial charge >= 0.3 is 6.18 Å². The number of hydrogen-bond acceptors (Lipinski definition) is 3. The highest BCUT2D eigenvalue weighted by atomic mass is 19.4. The van der Waals surface area contributed by atoms with Crippen molar-refractivity contribution in [2.24, 2.45) is 0 Å². The summed E-state index contributed by atoms with van der Waals surface area (Å²) in [6.45, 7) is 0.104. The molecule has 3 atom stereocenters. The number of nitrogens with zero attached hydrogens (tertiary/aromatic N) is 1. The topological polar surface area (TPSA) is 21.7 Å². The third-order valence-electron chi connectivity index (χ3n) is 3.55. The van der Waals surface area contributed by atoms with E-state index in [1.54, 1.807) is 0 Å². The Morgan fingerprint density at radius 3 is 2.16 bits per heavy atom. The Morgan fingerprint density at radius 1 is 1.05 bits per heavy atom. The van der Waals surface area contributed by atoms with E-state index in [9.17, 15) is 22.0 Å². The minimum absolute atomic E-state index is 0.0300. The fraction of sp³-hybridized carbons (Fsp3) is 1.00. The molecule has 0 spiro atoms. The maximum Gasteiger partial charge on any atom is 0.429 e. The minimum atomic E-state index is -5.31. The second kappa shape index (κ2) is 5.49. The van der Waals surface area contributed by atoms with E-state index in [4.69, 9.17) is 9.47 Å². The molecule has 112 valence electrons. The lowest BCUT2D eigenvalue weighted by Crippen LogP contribution is -2.63. The van der Waals surface area contributed by atoms with Crippen molar-refractivity contribution < 1.29 is 31.4 Å². The van der Waals surface area contributed by atoms with Crippen LogP contribution in [0.2, 0.25) is 0 Å². The molecule has 0 N–H and O–H groups in total. The molecule has 0 bridgehead atoms. The third-order valence-corrected chi connectivity index (χ3v) is 3.55. The molecule has 0 aromatic heterocycles. The van der Waals surface area contributed by atoms with Crippen LogP contribution >= 0.6 is 0 Å². The van der Waals surface area contributed by atoms with E-state index >= 15 is 0 Å². The van der Waals surface area contributed by atoms with Gasteiger partial charge in [0.1, 0.15) is 6.10 Å². The summed E-state index contributed by atoms with van der Waals surface area (Å²) in [5, 5.41) is 0. The average Bonchev–Trinajstić information content (AvgIpc) is 2.90. The van der Waals surface area contributed by atoms with Gasteiger partial charge in [0.05, 0.1) is 13.2 Å². The molecule has 0 aliphatic carbocycles. The largest absolute Gasteiger partial charge is 0.429 e. The van der Waals surface area contributed by atoms with Crippen LogP contribution in [0.4, 0.5) is 22.0 Å². The molecule has 8 heteroatoms. The SMILES string of the molecule is FC(N1CCOCC1)C(F)(C1CCCO1)C(F)(F)F. The van der Waals surface area contributed by atoms with Crippen molar-refractivity contribution in [3.8, 4) is 0 Å². The molecule has 2 saturated heterocycles. The van der Waals surface area contributed by atoms with E-state index in [0.717, 1.165) is 4.90 Å². The lowest BCUT2D eigenvalue weighted by molar-refractivity contribution is -0.300. The van der Waals surface area contributed by atoms with Gasteiger partial charge in [-0.15, -0.1) is 0 Å². The second-order valence-electron chi connectivity index (χ2n) is 4.75. The van der Waals surface area contributed by atoms with E-state index in [-0.39, 0.29) is 39.3 Å². The zero-order valence-electron chi connectivity index (χ0n) is 10.3. The van der Waals surface area contributed by atoms with Gasteiger partial charge in [0, 0.05) is 19.7 Å². The number of halogens is 5. The van der Waals surface area contributed by atoms with Crippen molar-refractivity contribution in [2.45, 2.75) is 37.1 Å². The highest BCUT2D eigenvalue weighted by Gasteiger charge is 2.68. The van der Waals surface area contributed by atoms with Crippen molar-refractivity contribution in [3.63, 3.8) is 0 Å². The Hall–Kier alpha value is -0.470. The van der Waals surface area contributed by atoms with E-state index in [0.29, 0.717) is 6.42 Å². The molecule has 0 saturated carbocycles. The normalized spacial score (nSPS) is 31.1. The van der Waals surface area contributed by atoms with Crippen molar-refractivity contribution in [1.82, 2.24) is 4.90 Å². The van der Waals surface area contributed by atoms with Crippen LogP contribution in [0.5, 0.6) is 0 Å². The Labute approximate surface area is 107 Å².